The highest BCUT2D eigenvalue weighted by atomic mass is 32.1. The number of fused-ring (bicyclic) bond motifs is 7. The Morgan fingerprint density at radius 1 is 0.562 bits per heavy atom. The summed E-state index contributed by atoms with van der Waals surface area (Å²) in [4.78, 5) is 2.29. The molecule has 3 aromatic heterocycles. The number of rotatable bonds is 8. The molecule has 5 heteroatoms. The molecule has 0 fully saturated rings. The summed E-state index contributed by atoms with van der Waals surface area (Å²) in [7, 11) is 0. The number of nitrogen functional groups attached to an aromatic ring is 1. The smallest absolute Gasteiger partial charge is 0.0647 e. The highest BCUT2D eigenvalue weighted by Gasteiger charge is 2.19. The maximum absolute atomic E-state index is 6.50. The number of anilines is 3. The first-order chi connectivity index (χ1) is 31.4. The molecule has 0 aliphatic rings. The highest BCUT2D eigenvalue weighted by molar-refractivity contribution is 7.25. The van der Waals surface area contributed by atoms with Gasteiger partial charge in [0.05, 0.1) is 27.9 Å². The number of nitrogens with zero attached hydrogens (tertiary/aromatic N) is 3. The minimum Gasteiger partial charge on any atom is -0.397 e. The zero-order valence-electron chi connectivity index (χ0n) is 36.9. The molecule has 0 bridgehead atoms. The van der Waals surface area contributed by atoms with Crippen molar-refractivity contribution >= 4 is 81.3 Å². The predicted molar refractivity (Wildman–Crippen MR) is 286 cm³/mol. The number of benzene rings is 7. The van der Waals surface area contributed by atoms with Crippen LogP contribution in [0, 0.1) is 0 Å². The van der Waals surface area contributed by atoms with Crippen molar-refractivity contribution < 1.29 is 0 Å². The average Bonchev–Trinajstić information content (AvgIpc) is 4.03. The summed E-state index contributed by atoms with van der Waals surface area (Å²) in [6.07, 6.45) is 12.8. The van der Waals surface area contributed by atoms with Crippen LogP contribution in [0.3, 0.4) is 0 Å². The van der Waals surface area contributed by atoms with Crippen LogP contribution in [0.2, 0.25) is 0 Å². The third-order valence-electron chi connectivity index (χ3n) is 10.4. The van der Waals surface area contributed by atoms with Crippen LogP contribution in [0.1, 0.15) is 19.4 Å². The lowest BCUT2D eigenvalue weighted by Gasteiger charge is -2.26. The van der Waals surface area contributed by atoms with Crippen LogP contribution in [0.5, 0.6) is 0 Å². The number of thiophene rings is 1. The number of nitrogens with two attached hydrogens (primary N) is 1. The Balaban J connectivity index is 0.000000432. The monoisotopic (exact) mass is 852 g/mol. The molecule has 318 valence electrons. The van der Waals surface area contributed by atoms with E-state index in [1.54, 1.807) is 24.3 Å². The number of aromatic nitrogens is 2. The van der Waals surface area contributed by atoms with Gasteiger partial charge in [-0.05, 0) is 104 Å². The molecule has 0 aliphatic carbocycles. The molecule has 7 aromatic carbocycles. The van der Waals surface area contributed by atoms with Gasteiger partial charge >= 0.3 is 0 Å². The molecule has 0 spiro atoms. The quantitative estimate of drug-likeness (QED) is 0.0940. The van der Waals surface area contributed by atoms with E-state index in [9.17, 15) is 0 Å². The third-order valence-corrected chi connectivity index (χ3v) is 11.6. The summed E-state index contributed by atoms with van der Waals surface area (Å²) in [5.41, 5.74) is 16.5. The second-order valence-corrected chi connectivity index (χ2v) is 15.6. The van der Waals surface area contributed by atoms with Crippen molar-refractivity contribution in [1.82, 2.24) is 9.13 Å². The van der Waals surface area contributed by atoms with Crippen molar-refractivity contribution in [1.29, 1.82) is 0 Å². The Hall–Kier alpha value is -7.86. The van der Waals surface area contributed by atoms with Gasteiger partial charge < -0.3 is 19.8 Å². The van der Waals surface area contributed by atoms with Crippen molar-refractivity contribution in [2.75, 3.05) is 10.6 Å². The van der Waals surface area contributed by atoms with Gasteiger partial charge in [-0.1, -0.05) is 135 Å². The van der Waals surface area contributed by atoms with Crippen molar-refractivity contribution in [2.24, 2.45) is 0 Å². The number of allylic oxidation sites excluding steroid dienone is 6. The fourth-order valence-electron chi connectivity index (χ4n) is 7.68. The number of para-hydroxylation sites is 4. The van der Waals surface area contributed by atoms with E-state index in [1.165, 1.54) is 58.4 Å². The first-order valence-electron chi connectivity index (χ1n) is 21.2. The van der Waals surface area contributed by atoms with E-state index < -0.39 is 0 Å². The average molecular weight is 853 g/mol. The Morgan fingerprint density at radius 2 is 1.17 bits per heavy atom. The predicted octanol–water partition coefficient (Wildman–Crippen LogP) is 17.1. The van der Waals surface area contributed by atoms with Crippen LogP contribution >= 0.6 is 11.3 Å². The summed E-state index contributed by atoms with van der Waals surface area (Å²) in [6, 6.07) is 58.7. The minimum atomic E-state index is 0.696. The van der Waals surface area contributed by atoms with Crippen molar-refractivity contribution in [3.05, 3.63) is 251 Å². The zero-order valence-corrected chi connectivity index (χ0v) is 37.7. The van der Waals surface area contributed by atoms with Crippen LogP contribution in [0.25, 0.3) is 64.3 Å². The number of hydrogen-bond donors (Lipinski definition) is 1. The van der Waals surface area contributed by atoms with Crippen molar-refractivity contribution in [2.45, 2.75) is 20.4 Å². The molecule has 0 saturated carbocycles. The molecule has 10 rings (SSSR count). The van der Waals surface area contributed by atoms with Gasteiger partial charge in [0.1, 0.15) is 0 Å². The largest absolute Gasteiger partial charge is 0.397 e. The summed E-state index contributed by atoms with van der Waals surface area (Å²) >= 11 is 1.87. The van der Waals surface area contributed by atoms with Crippen LogP contribution in [-0.4, -0.2) is 9.13 Å². The van der Waals surface area contributed by atoms with E-state index >= 15 is 0 Å². The summed E-state index contributed by atoms with van der Waals surface area (Å²) < 4.78 is 7.36. The lowest BCUT2D eigenvalue weighted by atomic mass is 10.1. The van der Waals surface area contributed by atoms with Gasteiger partial charge in [-0.3, -0.25) is 0 Å². The Kier molecular flexibility index (Phi) is 15.9. The molecule has 64 heavy (non-hydrogen) atoms. The number of hydrogen-bond acceptors (Lipinski definition) is 3. The first-order valence-corrected chi connectivity index (χ1v) is 22.0. The first kappa shape index (κ1) is 45.7. The lowest BCUT2D eigenvalue weighted by molar-refractivity contribution is 0.975. The zero-order chi connectivity index (χ0) is 45.4. The Bertz CT molecular complexity index is 3160. The molecule has 0 radical (unpaired) electrons. The van der Waals surface area contributed by atoms with Crippen LogP contribution in [0.15, 0.2) is 246 Å². The van der Waals surface area contributed by atoms with Gasteiger partial charge in [0, 0.05) is 66.1 Å². The fourth-order valence-corrected chi connectivity index (χ4v) is 8.80. The fraction of sp³-hybridized carbons (Fsp3) is 0.0508. The van der Waals surface area contributed by atoms with Crippen molar-refractivity contribution in [3.63, 3.8) is 0 Å². The van der Waals surface area contributed by atoms with E-state index in [-0.39, 0.29) is 0 Å². The van der Waals surface area contributed by atoms with Gasteiger partial charge in [0.2, 0.25) is 0 Å². The molecule has 2 N–H and O–H groups in total. The maximum atomic E-state index is 6.50. The second kappa shape index (κ2) is 22.3. The summed E-state index contributed by atoms with van der Waals surface area (Å²) in [5, 5.41) is 6.35. The van der Waals surface area contributed by atoms with Gasteiger partial charge in [0.25, 0.3) is 0 Å². The maximum Gasteiger partial charge on any atom is 0.0647 e. The minimum absolute atomic E-state index is 0.696. The molecule has 10 aromatic rings. The molecule has 0 atom stereocenters. The van der Waals surface area contributed by atoms with E-state index in [0.29, 0.717) is 6.54 Å². The Morgan fingerprint density at radius 3 is 1.81 bits per heavy atom. The molecular formula is C59H56N4S. The molecule has 0 unspecified atom stereocenters. The standard InChI is InChI=1S/C45H32N4S.C5H8.C4H6.C3H6.C2H4/c46-39-16-8-9-17-40(39)48(33-13-5-2-6-14-33)29-30-19-21-34(22-20-30)49-42-25-31-23-24-47(32-11-3-1-4-12-32)41(31)27-37(42)36-26-38-35-15-7-10-18-44(35)50-45(38)28-43(36)49;1-3-5-4-2;1-3-4-2;1-3-2;1-2/h1-28H,29,46H2;3-5H,1H2,2H3;3-4H,1-2H2;3H,1H2,2H3;1-2H2/b;5-4-;;;. The normalized spacial score (nSPS) is 10.5. The summed E-state index contributed by atoms with van der Waals surface area (Å²) in [5.74, 6) is 0. The second-order valence-electron chi connectivity index (χ2n) is 14.5. The van der Waals surface area contributed by atoms with E-state index in [2.05, 4.69) is 199 Å². The molecule has 4 nitrogen and oxygen atoms in total. The van der Waals surface area contributed by atoms with Gasteiger partial charge in [-0.15, -0.1) is 31.1 Å². The molecule has 0 aliphatic heterocycles. The highest BCUT2D eigenvalue weighted by Crippen LogP contribution is 2.42. The lowest BCUT2D eigenvalue weighted by Crippen LogP contribution is -2.17. The van der Waals surface area contributed by atoms with E-state index in [0.717, 1.165) is 28.4 Å². The van der Waals surface area contributed by atoms with Gasteiger partial charge in [-0.2, -0.15) is 0 Å². The Labute approximate surface area is 382 Å². The summed E-state index contributed by atoms with van der Waals surface area (Å²) in [6.45, 7) is 24.1. The van der Waals surface area contributed by atoms with Crippen LogP contribution in [-0.2, 0) is 6.54 Å². The van der Waals surface area contributed by atoms with Crippen LogP contribution < -0.4 is 10.6 Å². The third kappa shape index (κ3) is 9.92. The van der Waals surface area contributed by atoms with E-state index in [1.807, 2.05) is 61.6 Å². The van der Waals surface area contributed by atoms with Gasteiger partial charge in [-0.25, -0.2) is 0 Å². The van der Waals surface area contributed by atoms with Gasteiger partial charge in [0.15, 0.2) is 0 Å². The molecule has 3 heterocycles. The molecular weight excluding hydrogens is 797 g/mol. The van der Waals surface area contributed by atoms with E-state index in [4.69, 9.17) is 5.73 Å². The molecule has 0 amide bonds. The SMILES string of the molecule is C=C.C=C/C=C\C.C=CC.C=CC=C.Nc1ccccc1N(Cc1ccc(-n2c3cc4ccn(-c5ccccc5)c4cc3c3cc4c(cc32)sc2ccccc24)cc1)c1ccccc1. The van der Waals surface area contributed by atoms with Crippen molar-refractivity contribution in [3.8, 4) is 11.4 Å². The van der Waals surface area contributed by atoms with Crippen LogP contribution in [0.4, 0.5) is 17.1 Å². The molecule has 0 saturated heterocycles. The topological polar surface area (TPSA) is 39.1 Å².